The largest absolute Gasteiger partial charge is 0.352 e. The second-order valence-electron chi connectivity index (χ2n) is 8.27. The summed E-state index contributed by atoms with van der Waals surface area (Å²) in [6, 6.07) is 13.1. The predicted molar refractivity (Wildman–Crippen MR) is 131 cm³/mol. The fourth-order valence-electron chi connectivity index (χ4n) is 3.15. The summed E-state index contributed by atoms with van der Waals surface area (Å²) < 4.78 is 41.4. The quantitative estimate of drug-likeness (QED) is 0.522. The summed E-state index contributed by atoms with van der Waals surface area (Å²) in [5.74, 6) is -1.42. The Kier molecular flexibility index (Phi) is 9.57. The maximum Gasteiger partial charge on any atom is 0.304 e. The Bertz CT molecular complexity index is 1060. The minimum Gasteiger partial charge on any atom is -0.352 e. The van der Waals surface area contributed by atoms with Gasteiger partial charge in [0.2, 0.25) is 11.8 Å². The Hall–Kier alpha value is -2.98. The van der Waals surface area contributed by atoms with Crippen LogP contribution in [0.5, 0.6) is 0 Å². The number of nitrogens with zero attached hydrogens (tertiary/aromatic N) is 3. The molecule has 0 aliphatic carbocycles. The topological polar surface area (TPSA) is 90.0 Å². The highest BCUT2D eigenvalue weighted by Crippen LogP contribution is 2.21. The minimum atomic E-state index is -4.08. The summed E-state index contributed by atoms with van der Waals surface area (Å²) >= 11 is 0. The van der Waals surface area contributed by atoms with Gasteiger partial charge < -0.3 is 10.2 Å². The van der Waals surface area contributed by atoms with Crippen LogP contribution in [-0.4, -0.2) is 62.2 Å². The molecule has 0 aliphatic rings. The normalized spacial score (nSPS) is 13.3. The van der Waals surface area contributed by atoms with Crippen LogP contribution in [-0.2, 0) is 26.3 Å². The second-order valence-corrected chi connectivity index (χ2v) is 10.3. The van der Waals surface area contributed by atoms with Crippen LogP contribution in [0.2, 0.25) is 0 Å². The molecule has 34 heavy (non-hydrogen) atoms. The summed E-state index contributed by atoms with van der Waals surface area (Å²) in [6.07, 6.45) is 0.727. The van der Waals surface area contributed by atoms with Crippen LogP contribution in [0.25, 0.3) is 0 Å². The van der Waals surface area contributed by atoms with Gasteiger partial charge in [-0.1, -0.05) is 37.3 Å². The van der Waals surface area contributed by atoms with Gasteiger partial charge in [0.1, 0.15) is 18.4 Å². The number of benzene rings is 2. The molecule has 2 amide bonds. The first kappa shape index (κ1) is 27.3. The van der Waals surface area contributed by atoms with E-state index in [-0.39, 0.29) is 24.2 Å². The van der Waals surface area contributed by atoms with Gasteiger partial charge in [-0.25, -0.2) is 8.70 Å². The standard InChI is InChI=1S/C24H33FN4O4S/c1-6-18(2)26-24(31)19(3)28(16-20-10-8-7-9-11-20)23(30)17-29(34(32,33)27(4)5)22-14-12-21(25)13-15-22/h7-15,18-19H,6,16-17H2,1-5H3,(H,26,31). The monoisotopic (exact) mass is 492 g/mol. The van der Waals surface area contributed by atoms with E-state index in [1.54, 1.807) is 6.92 Å². The molecule has 0 aromatic heterocycles. The molecule has 0 saturated heterocycles. The van der Waals surface area contributed by atoms with Crippen LogP contribution in [0, 0.1) is 5.82 Å². The molecule has 186 valence electrons. The van der Waals surface area contributed by atoms with Crippen LogP contribution in [0.4, 0.5) is 10.1 Å². The Morgan fingerprint density at radius 2 is 1.59 bits per heavy atom. The Labute approximate surface area is 201 Å². The average molecular weight is 493 g/mol. The molecule has 2 aromatic carbocycles. The van der Waals surface area contributed by atoms with Gasteiger partial charge in [0.05, 0.1) is 5.69 Å². The van der Waals surface area contributed by atoms with Crippen molar-refractivity contribution in [1.82, 2.24) is 14.5 Å². The Morgan fingerprint density at radius 3 is 2.12 bits per heavy atom. The van der Waals surface area contributed by atoms with Crippen molar-refractivity contribution < 1.29 is 22.4 Å². The van der Waals surface area contributed by atoms with Gasteiger partial charge in [0.15, 0.2) is 0 Å². The van der Waals surface area contributed by atoms with Crippen molar-refractivity contribution >= 4 is 27.7 Å². The molecule has 0 heterocycles. The SMILES string of the molecule is CCC(C)NC(=O)C(C)N(Cc1ccccc1)C(=O)CN(c1ccc(F)cc1)S(=O)(=O)N(C)C. The molecular weight excluding hydrogens is 459 g/mol. The van der Waals surface area contributed by atoms with E-state index >= 15 is 0 Å². The molecule has 0 radical (unpaired) electrons. The number of carbonyl (C=O) groups is 2. The van der Waals surface area contributed by atoms with E-state index in [1.807, 2.05) is 44.2 Å². The van der Waals surface area contributed by atoms with Crippen LogP contribution in [0.15, 0.2) is 54.6 Å². The molecule has 2 rings (SSSR count). The van der Waals surface area contributed by atoms with Crippen LogP contribution < -0.4 is 9.62 Å². The molecule has 0 aliphatic heterocycles. The van der Waals surface area contributed by atoms with Crippen molar-refractivity contribution in [2.24, 2.45) is 0 Å². The molecule has 2 atom stereocenters. The first-order chi connectivity index (χ1) is 16.0. The molecule has 10 heteroatoms. The van der Waals surface area contributed by atoms with Crippen molar-refractivity contribution in [3.8, 4) is 0 Å². The smallest absolute Gasteiger partial charge is 0.304 e. The van der Waals surface area contributed by atoms with Crippen LogP contribution >= 0.6 is 0 Å². The third-order valence-corrected chi connectivity index (χ3v) is 7.32. The third-order valence-electron chi connectivity index (χ3n) is 5.50. The van der Waals surface area contributed by atoms with E-state index in [2.05, 4.69) is 5.32 Å². The van der Waals surface area contributed by atoms with Gasteiger partial charge >= 0.3 is 10.2 Å². The number of rotatable bonds is 11. The molecule has 0 spiro atoms. The highest BCUT2D eigenvalue weighted by Gasteiger charge is 2.32. The lowest BCUT2D eigenvalue weighted by Gasteiger charge is -2.33. The second kappa shape index (κ2) is 11.9. The van der Waals surface area contributed by atoms with Gasteiger partial charge in [0.25, 0.3) is 0 Å². The van der Waals surface area contributed by atoms with Crippen molar-refractivity contribution in [2.75, 3.05) is 24.9 Å². The van der Waals surface area contributed by atoms with E-state index in [0.29, 0.717) is 0 Å². The highest BCUT2D eigenvalue weighted by molar-refractivity contribution is 7.90. The van der Waals surface area contributed by atoms with Gasteiger partial charge in [-0.2, -0.15) is 12.7 Å². The molecule has 2 aromatic rings. The van der Waals surface area contributed by atoms with Crippen molar-refractivity contribution in [3.05, 3.63) is 66.0 Å². The third kappa shape index (κ3) is 7.01. The van der Waals surface area contributed by atoms with E-state index in [9.17, 15) is 22.4 Å². The fraction of sp³-hybridized carbons (Fsp3) is 0.417. The number of amides is 2. The lowest BCUT2D eigenvalue weighted by molar-refractivity contribution is -0.139. The number of nitrogens with one attached hydrogen (secondary N) is 1. The lowest BCUT2D eigenvalue weighted by Crippen LogP contribution is -2.53. The number of halogens is 1. The zero-order valence-corrected chi connectivity index (χ0v) is 21.0. The van der Waals surface area contributed by atoms with Gasteiger partial charge in [0, 0.05) is 26.7 Å². The van der Waals surface area contributed by atoms with Gasteiger partial charge in [-0.15, -0.1) is 0 Å². The highest BCUT2D eigenvalue weighted by atomic mass is 32.2. The summed E-state index contributed by atoms with van der Waals surface area (Å²) in [7, 11) is -1.38. The molecule has 1 N–H and O–H groups in total. The number of hydrogen-bond acceptors (Lipinski definition) is 4. The van der Waals surface area contributed by atoms with E-state index in [4.69, 9.17) is 0 Å². The van der Waals surface area contributed by atoms with E-state index in [0.717, 1.165) is 32.7 Å². The molecular formula is C24H33FN4O4S. The molecule has 8 nitrogen and oxygen atoms in total. The number of anilines is 1. The minimum absolute atomic E-state index is 0.0755. The van der Waals surface area contributed by atoms with Crippen molar-refractivity contribution in [3.63, 3.8) is 0 Å². The molecule has 0 fully saturated rings. The van der Waals surface area contributed by atoms with Crippen molar-refractivity contribution in [1.29, 1.82) is 0 Å². The molecule has 0 saturated carbocycles. The van der Waals surface area contributed by atoms with E-state index in [1.165, 1.54) is 31.1 Å². The molecule has 0 bridgehead atoms. The number of hydrogen-bond donors (Lipinski definition) is 1. The Morgan fingerprint density at radius 1 is 1.00 bits per heavy atom. The summed E-state index contributed by atoms with van der Waals surface area (Å²) in [5, 5.41) is 2.88. The zero-order valence-electron chi connectivity index (χ0n) is 20.2. The maximum absolute atomic E-state index is 13.5. The summed E-state index contributed by atoms with van der Waals surface area (Å²) in [6.45, 7) is 4.98. The van der Waals surface area contributed by atoms with E-state index < -0.39 is 34.5 Å². The van der Waals surface area contributed by atoms with Crippen LogP contribution in [0.1, 0.15) is 32.8 Å². The van der Waals surface area contributed by atoms with Gasteiger partial charge in [-0.3, -0.25) is 9.59 Å². The Balaban J connectivity index is 2.41. The number of carbonyl (C=O) groups excluding carboxylic acids is 2. The van der Waals surface area contributed by atoms with Gasteiger partial charge in [-0.05, 0) is 50.1 Å². The lowest BCUT2D eigenvalue weighted by atomic mass is 10.1. The molecule has 2 unspecified atom stereocenters. The summed E-state index contributed by atoms with van der Waals surface area (Å²) in [4.78, 5) is 27.7. The zero-order chi connectivity index (χ0) is 25.5. The average Bonchev–Trinajstić information content (AvgIpc) is 2.81. The first-order valence-electron chi connectivity index (χ1n) is 11.1. The predicted octanol–water partition coefficient (Wildman–Crippen LogP) is 2.77. The fourth-order valence-corrected chi connectivity index (χ4v) is 4.21. The maximum atomic E-state index is 13.5. The first-order valence-corrected chi connectivity index (χ1v) is 12.5. The van der Waals surface area contributed by atoms with Crippen molar-refractivity contribution in [2.45, 2.75) is 45.8 Å². The van der Waals surface area contributed by atoms with Crippen LogP contribution in [0.3, 0.4) is 0 Å². The summed E-state index contributed by atoms with van der Waals surface area (Å²) in [5.41, 5.74) is 0.933.